The summed E-state index contributed by atoms with van der Waals surface area (Å²) >= 11 is 0. The Labute approximate surface area is 157 Å². The van der Waals surface area contributed by atoms with Crippen molar-refractivity contribution in [3.63, 3.8) is 0 Å². The van der Waals surface area contributed by atoms with E-state index in [4.69, 9.17) is 0 Å². The second kappa shape index (κ2) is 7.33. The molecule has 0 saturated heterocycles. The van der Waals surface area contributed by atoms with Crippen molar-refractivity contribution in [2.75, 3.05) is 14.1 Å². The number of hydrogen-bond donors (Lipinski definition) is 1. The minimum Gasteiger partial charge on any atom is -0.325 e. The van der Waals surface area contributed by atoms with E-state index in [-0.39, 0.29) is 0 Å². The molecule has 0 aliphatic carbocycles. The standard InChI is InChI=1S/C22H19N5/c1-23-21(17-9-10-20-16(12-17)7-5-11-25-20)27-22(24-2)18-13-15-6-3-4-8-19(15)26-14-18/h3-14H,1-2H3,(H,23,24,27). The molecule has 0 unspecified atom stereocenters. The molecule has 5 nitrogen and oxygen atoms in total. The number of para-hydroxylation sites is 1. The van der Waals surface area contributed by atoms with Gasteiger partial charge in [-0.1, -0.05) is 24.3 Å². The lowest BCUT2D eigenvalue weighted by Crippen LogP contribution is -2.32. The summed E-state index contributed by atoms with van der Waals surface area (Å²) in [6, 6.07) is 20.2. The van der Waals surface area contributed by atoms with Crippen LogP contribution in [0.3, 0.4) is 0 Å². The van der Waals surface area contributed by atoms with E-state index in [1.807, 2.05) is 54.7 Å². The van der Waals surface area contributed by atoms with Gasteiger partial charge in [0.2, 0.25) is 0 Å². The molecular weight excluding hydrogens is 334 g/mol. The Hall–Kier alpha value is -3.60. The number of aliphatic imine (C=N–C) groups is 2. The van der Waals surface area contributed by atoms with Crippen molar-refractivity contribution in [2.45, 2.75) is 0 Å². The fourth-order valence-corrected chi connectivity index (χ4v) is 3.05. The van der Waals surface area contributed by atoms with Gasteiger partial charge in [-0.3, -0.25) is 20.0 Å². The van der Waals surface area contributed by atoms with Gasteiger partial charge in [0.15, 0.2) is 0 Å². The van der Waals surface area contributed by atoms with E-state index in [2.05, 4.69) is 37.4 Å². The molecule has 132 valence electrons. The van der Waals surface area contributed by atoms with Crippen molar-refractivity contribution in [3.05, 3.63) is 84.2 Å². The molecule has 0 bridgehead atoms. The minimum absolute atomic E-state index is 0.722. The van der Waals surface area contributed by atoms with Crippen LogP contribution in [0, 0.1) is 0 Å². The number of aromatic nitrogens is 2. The third-order valence-corrected chi connectivity index (χ3v) is 4.42. The monoisotopic (exact) mass is 353 g/mol. The van der Waals surface area contributed by atoms with Crippen LogP contribution in [0.2, 0.25) is 0 Å². The maximum Gasteiger partial charge on any atom is 0.135 e. The predicted octanol–water partition coefficient (Wildman–Crippen LogP) is 3.83. The summed E-state index contributed by atoms with van der Waals surface area (Å²) in [6.07, 6.45) is 3.62. The lowest BCUT2D eigenvalue weighted by molar-refractivity contribution is 1.23. The summed E-state index contributed by atoms with van der Waals surface area (Å²) in [4.78, 5) is 17.7. The normalized spacial score (nSPS) is 12.5. The van der Waals surface area contributed by atoms with E-state index in [1.54, 1.807) is 20.3 Å². The van der Waals surface area contributed by atoms with Gasteiger partial charge in [0, 0.05) is 48.4 Å². The highest BCUT2D eigenvalue weighted by atomic mass is 15.1. The highest BCUT2D eigenvalue weighted by Gasteiger charge is 2.10. The molecule has 0 atom stereocenters. The molecule has 0 radical (unpaired) electrons. The zero-order chi connectivity index (χ0) is 18.6. The molecule has 0 amide bonds. The lowest BCUT2D eigenvalue weighted by atomic mass is 10.1. The van der Waals surface area contributed by atoms with Crippen LogP contribution in [0.25, 0.3) is 21.8 Å². The Morgan fingerprint density at radius 3 is 2.22 bits per heavy atom. The number of pyridine rings is 2. The van der Waals surface area contributed by atoms with Crippen molar-refractivity contribution in [3.8, 4) is 0 Å². The SMILES string of the molecule is CN=C(NC(=NC)c1cnc2ccccc2c1)c1ccc2ncccc2c1. The van der Waals surface area contributed by atoms with Crippen molar-refractivity contribution in [1.82, 2.24) is 15.3 Å². The number of nitrogens with one attached hydrogen (secondary N) is 1. The van der Waals surface area contributed by atoms with Crippen molar-refractivity contribution in [1.29, 1.82) is 0 Å². The van der Waals surface area contributed by atoms with Gasteiger partial charge in [0.05, 0.1) is 11.0 Å². The molecule has 5 heteroatoms. The molecule has 2 aromatic carbocycles. The van der Waals surface area contributed by atoms with Gasteiger partial charge in [-0.15, -0.1) is 0 Å². The van der Waals surface area contributed by atoms with Crippen LogP contribution >= 0.6 is 0 Å². The van der Waals surface area contributed by atoms with E-state index in [1.165, 1.54) is 0 Å². The first-order chi connectivity index (χ1) is 13.3. The maximum absolute atomic E-state index is 4.53. The van der Waals surface area contributed by atoms with E-state index in [0.717, 1.165) is 44.6 Å². The van der Waals surface area contributed by atoms with E-state index >= 15 is 0 Å². The van der Waals surface area contributed by atoms with Gasteiger partial charge in [-0.2, -0.15) is 0 Å². The van der Waals surface area contributed by atoms with Gasteiger partial charge < -0.3 is 5.32 Å². The Morgan fingerprint density at radius 1 is 0.741 bits per heavy atom. The summed E-state index contributed by atoms with van der Waals surface area (Å²) in [5.41, 5.74) is 3.82. The first-order valence-corrected chi connectivity index (χ1v) is 8.69. The third kappa shape index (κ3) is 3.40. The number of rotatable bonds is 2. The smallest absolute Gasteiger partial charge is 0.135 e. The zero-order valence-electron chi connectivity index (χ0n) is 15.2. The summed E-state index contributed by atoms with van der Waals surface area (Å²) in [7, 11) is 3.52. The first kappa shape index (κ1) is 16.8. The number of hydrogen-bond acceptors (Lipinski definition) is 4. The maximum atomic E-state index is 4.53. The lowest BCUT2D eigenvalue weighted by Gasteiger charge is -2.13. The van der Waals surface area contributed by atoms with Crippen molar-refractivity contribution in [2.24, 2.45) is 9.98 Å². The Bertz CT molecular complexity index is 1080. The molecule has 27 heavy (non-hydrogen) atoms. The molecule has 0 fully saturated rings. The van der Waals surface area contributed by atoms with Gasteiger partial charge in [-0.05, 0) is 36.4 Å². The van der Waals surface area contributed by atoms with Gasteiger partial charge in [0.25, 0.3) is 0 Å². The molecule has 0 aliphatic heterocycles. The van der Waals surface area contributed by atoms with Crippen molar-refractivity contribution < 1.29 is 0 Å². The Balaban J connectivity index is 1.67. The second-order valence-corrected chi connectivity index (χ2v) is 6.10. The van der Waals surface area contributed by atoms with Crippen LogP contribution in [0.1, 0.15) is 11.1 Å². The molecule has 1 N–H and O–H groups in total. The minimum atomic E-state index is 0.722. The number of amidine groups is 2. The van der Waals surface area contributed by atoms with Crippen LogP contribution in [-0.2, 0) is 0 Å². The molecular formula is C22H19N5. The number of fused-ring (bicyclic) bond motifs is 2. The summed E-state index contributed by atoms with van der Waals surface area (Å²) in [6.45, 7) is 0. The molecule has 2 heterocycles. The van der Waals surface area contributed by atoms with Crippen LogP contribution in [0.4, 0.5) is 0 Å². The quantitative estimate of drug-likeness (QED) is 0.440. The first-order valence-electron chi connectivity index (χ1n) is 8.69. The van der Waals surface area contributed by atoms with E-state index < -0.39 is 0 Å². The molecule has 0 saturated carbocycles. The largest absolute Gasteiger partial charge is 0.325 e. The zero-order valence-corrected chi connectivity index (χ0v) is 15.2. The fraction of sp³-hybridized carbons (Fsp3) is 0.0909. The molecule has 0 aliphatic rings. The Morgan fingerprint density at radius 2 is 1.41 bits per heavy atom. The molecule has 2 aromatic heterocycles. The second-order valence-electron chi connectivity index (χ2n) is 6.10. The predicted molar refractivity (Wildman–Crippen MR) is 112 cm³/mol. The summed E-state index contributed by atoms with van der Waals surface area (Å²) in [5.74, 6) is 1.47. The van der Waals surface area contributed by atoms with Gasteiger partial charge in [-0.25, -0.2) is 0 Å². The van der Waals surface area contributed by atoms with Gasteiger partial charge >= 0.3 is 0 Å². The molecule has 0 spiro atoms. The van der Waals surface area contributed by atoms with Crippen LogP contribution in [-0.4, -0.2) is 35.7 Å². The van der Waals surface area contributed by atoms with Crippen LogP contribution in [0.15, 0.2) is 83.0 Å². The van der Waals surface area contributed by atoms with Crippen LogP contribution in [0.5, 0.6) is 0 Å². The summed E-state index contributed by atoms with van der Waals surface area (Å²) < 4.78 is 0. The average molecular weight is 353 g/mol. The fourth-order valence-electron chi connectivity index (χ4n) is 3.05. The Kier molecular flexibility index (Phi) is 4.58. The van der Waals surface area contributed by atoms with Gasteiger partial charge in [0.1, 0.15) is 11.7 Å². The third-order valence-electron chi connectivity index (χ3n) is 4.42. The average Bonchev–Trinajstić information content (AvgIpc) is 2.74. The number of benzene rings is 2. The van der Waals surface area contributed by atoms with Crippen molar-refractivity contribution >= 4 is 33.5 Å². The molecule has 4 rings (SSSR count). The van der Waals surface area contributed by atoms with E-state index in [9.17, 15) is 0 Å². The topological polar surface area (TPSA) is 62.5 Å². The number of nitrogens with zero attached hydrogens (tertiary/aromatic N) is 4. The summed E-state index contributed by atoms with van der Waals surface area (Å²) in [5, 5.41) is 5.50. The highest BCUT2D eigenvalue weighted by molar-refractivity contribution is 6.15. The molecule has 4 aromatic rings. The van der Waals surface area contributed by atoms with Crippen LogP contribution < -0.4 is 5.32 Å². The highest BCUT2D eigenvalue weighted by Crippen LogP contribution is 2.15. The van der Waals surface area contributed by atoms with E-state index in [0.29, 0.717) is 0 Å².